The normalized spacial score (nSPS) is 17.2. The van der Waals surface area contributed by atoms with Gasteiger partial charge in [0.25, 0.3) is 0 Å². The van der Waals surface area contributed by atoms with E-state index in [4.69, 9.17) is 4.52 Å². The molecular formula is C11H13N3O. The highest BCUT2D eigenvalue weighted by Crippen LogP contribution is 2.21. The number of benzene rings is 1. The van der Waals surface area contributed by atoms with E-state index in [-0.39, 0.29) is 0 Å². The molecule has 1 saturated heterocycles. The van der Waals surface area contributed by atoms with E-state index in [0.717, 1.165) is 37.1 Å². The number of rotatable bonds is 1. The fraction of sp³-hybridized carbons (Fsp3) is 0.364. The monoisotopic (exact) mass is 203 g/mol. The smallest absolute Gasteiger partial charge is 0.166 e. The molecule has 2 heterocycles. The second kappa shape index (κ2) is 3.55. The lowest BCUT2D eigenvalue weighted by Gasteiger charge is -2.29. The molecule has 0 unspecified atom stereocenters. The largest absolute Gasteiger partial charge is 0.369 e. The number of nitrogens with one attached hydrogen (secondary N) is 1. The Kier molecular flexibility index (Phi) is 2.07. The van der Waals surface area contributed by atoms with Crippen LogP contribution in [0.2, 0.25) is 0 Å². The Balaban J connectivity index is 1.95. The van der Waals surface area contributed by atoms with Gasteiger partial charge in [-0.1, -0.05) is 5.16 Å². The summed E-state index contributed by atoms with van der Waals surface area (Å²) in [4.78, 5) is 2.38. The van der Waals surface area contributed by atoms with E-state index in [9.17, 15) is 0 Å². The molecule has 15 heavy (non-hydrogen) atoms. The summed E-state index contributed by atoms with van der Waals surface area (Å²) < 4.78 is 5.08. The van der Waals surface area contributed by atoms with Crippen molar-refractivity contribution < 1.29 is 4.52 Å². The fourth-order valence-electron chi connectivity index (χ4n) is 1.98. The van der Waals surface area contributed by atoms with Gasteiger partial charge in [0.2, 0.25) is 0 Å². The van der Waals surface area contributed by atoms with Crippen LogP contribution in [0.4, 0.5) is 5.69 Å². The predicted octanol–water partition coefficient (Wildman–Crippen LogP) is 1.24. The molecule has 1 aliphatic heterocycles. The average Bonchev–Trinajstić information content (AvgIpc) is 2.77. The van der Waals surface area contributed by atoms with Crippen LogP contribution in [0.1, 0.15) is 0 Å². The van der Waals surface area contributed by atoms with Gasteiger partial charge in [-0.2, -0.15) is 0 Å². The van der Waals surface area contributed by atoms with Gasteiger partial charge < -0.3 is 14.7 Å². The predicted molar refractivity (Wildman–Crippen MR) is 59.1 cm³/mol. The summed E-state index contributed by atoms with van der Waals surface area (Å²) in [5, 5.41) is 8.20. The maximum atomic E-state index is 5.08. The van der Waals surface area contributed by atoms with E-state index in [0.29, 0.717) is 0 Å². The van der Waals surface area contributed by atoms with Gasteiger partial charge in [0.05, 0.1) is 6.20 Å². The number of nitrogens with zero attached hydrogens (tertiary/aromatic N) is 2. The zero-order valence-electron chi connectivity index (χ0n) is 8.44. The molecule has 1 aromatic carbocycles. The third kappa shape index (κ3) is 1.57. The lowest BCUT2D eigenvalue weighted by molar-refractivity contribution is 0.456. The van der Waals surface area contributed by atoms with Crippen LogP contribution in [0.5, 0.6) is 0 Å². The lowest BCUT2D eigenvalue weighted by atomic mass is 10.2. The SMILES string of the molecule is c1cc2oncc2cc1N1CCNCC1. The van der Waals surface area contributed by atoms with Crippen molar-refractivity contribution in [2.45, 2.75) is 0 Å². The van der Waals surface area contributed by atoms with Crippen LogP contribution >= 0.6 is 0 Å². The molecule has 4 heteroatoms. The number of piperazine rings is 1. The fourth-order valence-corrected chi connectivity index (χ4v) is 1.98. The molecular weight excluding hydrogens is 190 g/mol. The van der Waals surface area contributed by atoms with Gasteiger partial charge in [0.1, 0.15) is 0 Å². The molecule has 0 spiro atoms. The van der Waals surface area contributed by atoms with Gasteiger partial charge in [0, 0.05) is 37.3 Å². The molecule has 0 atom stereocenters. The molecule has 0 saturated carbocycles. The van der Waals surface area contributed by atoms with Crippen LogP contribution in [-0.2, 0) is 0 Å². The highest BCUT2D eigenvalue weighted by Gasteiger charge is 2.11. The summed E-state index contributed by atoms with van der Waals surface area (Å²) in [7, 11) is 0. The van der Waals surface area contributed by atoms with Gasteiger partial charge in [-0.25, -0.2) is 0 Å². The van der Waals surface area contributed by atoms with Crippen LogP contribution < -0.4 is 10.2 Å². The van der Waals surface area contributed by atoms with Crippen molar-refractivity contribution in [1.29, 1.82) is 0 Å². The third-order valence-corrected chi connectivity index (χ3v) is 2.82. The number of aromatic nitrogens is 1. The second-order valence-corrected chi connectivity index (χ2v) is 3.78. The summed E-state index contributed by atoms with van der Waals surface area (Å²) >= 11 is 0. The van der Waals surface area contributed by atoms with Crippen LogP contribution in [0.25, 0.3) is 11.0 Å². The second-order valence-electron chi connectivity index (χ2n) is 3.78. The Labute approximate surface area is 87.8 Å². The molecule has 0 radical (unpaired) electrons. The van der Waals surface area contributed by atoms with Gasteiger partial charge in [-0.05, 0) is 18.2 Å². The van der Waals surface area contributed by atoms with E-state index in [1.807, 2.05) is 6.07 Å². The topological polar surface area (TPSA) is 41.3 Å². The van der Waals surface area contributed by atoms with E-state index in [2.05, 4.69) is 27.5 Å². The van der Waals surface area contributed by atoms with Crippen molar-refractivity contribution in [1.82, 2.24) is 10.5 Å². The Hall–Kier alpha value is -1.55. The minimum atomic E-state index is 0.855. The van der Waals surface area contributed by atoms with E-state index in [1.165, 1.54) is 5.69 Å². The van der Waals surface area contributed by atoms with Gasteiger partial charge >= 0.3 is 0 Å². The molecule has 4 nitrogen and oxygen atoms in total. The van der Waals surface area contributed by atoms with Crippen LogP contribution in [-0.4, -0.2) is 31.3 Å². The van der Waals surface area contributed by atoms with Crippen molar-refractivity contribution in [3.8, 4) is 0 Å². The highest BCUT2D eigenvalue weighted by molar-refractivity contribution is 5.80. The molecule has 1 aliphatic rings. The number of fused-ring (bicyclic) bond motifs is 1. The minimum absolute atomic E-state index is 0.855. The van der Waals surface area contributed by atoms with Crippen LogP contribution in [0.3, 0.4) is 0 Å². The summed E-state index contributed by atoms with van der Waals surface area (Å²) in [6, 6.07) is 6.22. The van der Waals surface area contributed by atoms with E-state index in [1.54, 1.807) is 6.20 Å². The van der Waals surface area contributed by atoms with Crippen molar-refractivity contribution in [2.75, 3.05) is 31.1 Å². The van der Waals surface area contributed by atoms with Gasteiger partial charge in [0.15, 0.2) is 5.58 Å². The molecule has 1 aromatic heterocycles. The molecule has 3 rings (SSSR count). The Morgan fingerprint density at radius 2 is 2.13 bits per heavy atom. The van der Waals surface area contributed by atoms with Gasteiger partial charge in [-0.15, -0.1) is 0 Å². The Bertz CT molecular complexity index is 460. The lowest BCUT2D eigenvalue weighted by Crippen LogP contribution is -2.43. The maximum Gasteiger partial charge on any atom is 0.166 e. The molecule has 2 aromatic rings. The zero-order chi connectivity index (χ0) is 10.1. The minimum Gasteiger partial charge on any atom is -0.369 e. The highest BCUT2D eigenvalue weighted by atomic mass is 16.5. The maximum absolute atomic E-state index is 5.08. The number of anilines is 1. The molecule has 0 aliphatic carbocycles. The first-order chi connectivity index (χ1) is 7.43. The molecule has 1 fully saturated rings. The summed E-state index contributed by atoms with van der Waals surface area (Å²) in [5.41, 5.74) is 2.11. The van der Waals surface area contributed by atoms with Crippen LogP contribution in [0, 0.1) is 0 Å². The van der Waals surface area contributed by atoms with Crippen molar-refractivity contribution in [3.63, 3.8) is 0 Å². The Morgan fingerprint density at radius 1 is 1.27 bits per heavy atom. The molecule has 0 amide bonds. The summed E-state index contributed by atoms with van der Waals surface area (Å²) in [6.45, 7) is 4.25. The zero-order valence-corrected chi connectivity index (χ0v) is 8.44. The first-order valence-corrected chi connectivity index (χ1v) is 5.23. The molecule has 1 N–H and O–H groups in total. The summed E-state index contributed by atoms with van der Waals surface area (Å²) in [6.07, 6.45) is 1.76. The first kappa shape index (κ1) is 8.73. The van der Waals surface area contributed by atoms with Crippen molar-refractivity contribution in [3.05, 3.63) is 24.4 Å². The standard InChI is InChI=1S/C11H13N3O/c1-2-11-9(8-13-15-11)7-10(1)14-5-3-12-4-6-14/h1-2,7-8,12H,3-6H2. The third-order valence-electron chi connectivity index (χ3n) is 2.82. The van der Waals surface area contributed by atoms with Gasteiger partial charge in [-0.3, -0.25) is 0 Å². The molecule has 0 bridgehead atoms. The summed E-state index contributed by atoms with van der Waals surface area (Å²) in [5.74, 6) is 0. The van der Waals surface area contributed by atoms with E-state index >= 15 is 0 Å². The van der Waals surface area contributed by atoms with Crippen molar-refractivity contribution >= 4 is 16.7 Å². The number of hydrogen-bond acceptors (Lipinski definition) is 4. The number of hydrogen-bond donors (Lipinski definition) is 1. The van der Waals surface area contributed by atoms with E-state index < -0.39 is 0 Å². The molecule has 78 valence electrons. The van der Waals surface area contributed by atoms with Crippen LogP contribution in [0.15, 0.2) is 28.9 Å². The Morgan fingerprint density at radius 3 is 3.00 bits per heavy atom. The average molecular weight is 203 g/mol. The quantitative estimate of drug-likeness (QED) is 0.757. The van der Waals surface area contributed by atoms with Crippen molar-refractivity contribution in [2.24, 2.45) is 0 Å². The first-order valence-electron chi connectivity index (χ1n) is 5.23.